The lowest BCUT2D eigenvalue weighted by Gasteiger charge is -2.15. The molecule has 0 rings (SSSR count). The van der Waals surface area contributed by atoms with Gasteiger partial charge in [0, 0.05) is 19.4 Å². The number of ether oxygens (including phenoxy) is 1. The second-order valence-electron chi connectivity index (χ2n) is 16.4. The summed E-state index contributed by atoms with van der Waals surface area (Å²) in [6.07, 6.45) is 49.7. The second kappa shape index (κ2) is 45.0. The largest absolute Gasteiger partial charge is 0.472 e. The number of amides is 1. The molecule has 0 aliphatic rings. The van der Waals surface area contributed by atoms with Crippen LogP contribution in [0, 0.1) is 0 Å². The summed E-state index contributed by atoms with van der Waals surface area (Å²) in [4.78, 5) is 34.0. The highest BCUT2D eigenvalue weighted by molar-refractivity contribution is 7.47. The molecule has 2 unspecified atom stereocenters. The first-order chi connectivity index (χ1) is 28.3. The monoisotopic (exact) mass is 842 g/mol. The minimum Gasteiger partial charge on any atom is -0.463 e. The molecule has 0 saturated carbocycles. The number of rotatable bonds is 46. The fraction of sp³-hybridized carbons (Fsp3) is 0.875. The van der Waals surface area contributed by atoms with E-state index in [2.05, 4.69) is 43.5 Å². The summed E-state index contributed by atoms with van der Waals surface area (Å²) < 4.78 is 26.9. The standard InChI is InChI=1S/C48H92NO8P/c1-3-5-7-9-11-13-15-17-19-21-22-23-25-26-28-30-32-34-36-38-40-47(51)49-42-43-56-58(53,54)57-45-46(50)44-55-48(52)41-39-37-35-33-31-29-27-24-20-18-16-14-12-10-8-6-4-2/h12,14,18,20,46,50H,3-11,13,15-17,19,21-45H2,1-2H3,(H,49,51)(H,53,54)/b14-12-,20-18-. The van der Waals surface area contributed by atoms with E-state index in [4.69, 9.17) is 13.8 Å². The van der Waals surface area contributed by atoms with E-state index in [0.717, 1.165) is 57.8 Å². The Morgan fingerprint density at radius 2 is 0.931 bits per heavy atom. The first-order valence-electron chi connectivity index (χ1n) is 24.3. The second-order valence-corrected chi connectivity index (χ2v) is 17.9. The van der Waals surface area contributed by atoms with E-state index in [-0.39, 0.29) is 32.1 Å². The summed E-state index contributed by atoms with van der Waals surface area (Å²) in [6.45, 7) is 3.56. The molecule has 0 aromatic carbocycles. The maximum Gasteiger partial charge on any atom is 0.472 e. The number of unbranched alkanes of at least 4 members (excludes halogenated alkanes) is 29. The number of phosphoric acid groups is 1. The van der Waals surface area contributed by atoms with Crippen molar-refractivity contribution < 1.29 is 37.9 Å². The van der Waals surface area contributed by atoms with Crippen molar-refractivity contribution in [2.45, 2.75) is 245 Å². The molecule has 0 aliphatic heterocycles. The van der Waals surface area contributed by atoms with E-state index in [1.807, 2.05) is 0 Å². The number of carbonyl (C=O) groups excluding carboxylic acids is 2. The van der Waals surface area contributed by atoms with Gasteiger partial charge >= 0.3 is 13.8 Å². The number of hydrogen-bond acceptors (Lipinski definition) is 7. The maximum absolute atomic E-state index is 12.1. The highest BCUT2D eigenvalue weighted by atomic mass is 31.2. The van der Waals surface area contributed by atoms with E-state index in [9.17, 15) is 24.2 Å². The third-order valence-corrected chi connectivity index (χ3v) is 11.6. The smallest absolute Gasteiger partial charge is 0.463 e. The zero-order valence-corrected chi connectivity index (χ0v) is 38.6. The normalized spacial score (nSPS) is 13.4. The van der Waals surface area contributed by atoms with Crippen LogP contribution in [0.3, 0.4) is 0 Å². The third-order valence-electron chi connectivity index (χ3n) is 10.6. The van der Waals surface area contributed by atoms with Gasteiger partial charge in [-0.2, -0.15) is 0 Å². The number of esters is 1. The first kappa shape index (κ1) is 56.5. The van der Waals surface area contributed by atoms with E-state index in [1.165, 1.54) is 154 Å². The van der Waals surface area contributed by atoms with Crippen LogP contribution in [0.1, 0.15) is 239 Å². The number of phosphoric ester groups is 1. The Labute approximate surface area is 357 Å². The Morgan fingerprint density at radius 3 is 1.41 bits per heavy atom. The van der Waals surface area contributed by atoms with Gasteiger partial charge in [0.15, 0.2) is 0 Å². The molecule has 342 valence electrons. The molecule has 3 N–H and O–H groups in total. The lowest BCUT2D eigenvalue weighted by Crippen LogP contribution is -2.27. The first-order valence-corrected chi connectivity index (χ1v) is 25.8. The van der Waals surface area contributed by atoms with Crippen LogP contribution in [0.5, 0.6) is 0 Å². The lowest BCUT2D eigenvalue weighted by molar-refractivity contribution is -0.147. The van der Waals surface area contributed by atoms with Crippen molar-refractivity contribution in [2.75, 3.05) is 26.4 Å². The Morgan fingerprint density at radius 1 is 0.534 bits per heavy atom. The molecule has 58 heavy (non-hydrogen) atoms. The molecular formula is C48H92NO8P. The average molecular weight is 842 g/mol. The van der Waals surface area contributed by atoms with Crippen molar-refractivity contribution in [3.63, 3.8) is 0 Å². The van der Waals surface area contributed by atoms with Crippen LogP contribution in [0.15, 0.2) is 24.3 Å². The fourth-order valence-electron chi connectivity index (χ4n) is 6.94. The Kier molecular flexibility index (Phi) is 43.9. The fourth-order valence-corrected chi connectivity index (χ4v) is 7.70. The quantitative estimate of drug-likeness (QED) is 0.0239. The number of aliphatic hydroxyl groups excluding tert-OH is 1. The van der Waals surface area contributed by atoms with Crippen molar-refractivity contribution >= 4 is 19.7 Å². The van der Waals surface area contributed by atoms with Crippen molar-refractivity contribution in [3.8, 4) is 0 Å². The summed E-state index contributed by atoms with van der Waals surface area (Å²) in [7, 11) is -4.42. The van der Waals surface area contributed by atoms with Crippen molar-refractivity contribution in [2.24, 2.45) is 0 Å². The van der Waals surface area contributed by atoms with Crippen molar-refractivity contribution in [1.29, 1.82) is 0 Å². The molecule has 1 amide bonds. The van der Waals surface area contributed by atoms with Gasteiger partial charge in [0.1, 0.15) is 12.7 Å². The van der Waals surface area contributed by atoms with Crippen molar-refractivity contribution in [3.05, 3.63) is 24.3 Å². The molecule has 2 atom stereocenters. The van der Waals surface area contributed by atoms with Gasteiger partial charge in [0.2, 0.25) is 5.91 Å². The summed E-state index contributed by atoms with van der Waals surface area (Å²) in [5, 5.41) is 12.7. The Balaban J connectivity index is 3.55. The van der Waals surface area contributed by atoms with Gasteiger partial charge in [0.25, 0.3) is 0 Å². The summed E-state index contributed by atoms with van der Waals surface area (Å²) in [6, 6.07) is 0. The molecule has 0 spiro atoms. The zero-order valence-electron chi connectivity index (χ0n) is 37.8. The molecule has 0 saturated heterocycles. The van der Waals surface area contributed by atoms with Crippen LogP contribution in [0.25, 0.3) is 0 Å². The highest BCUT2D eigenvalue weighted by Crippen LogP contribution is 2.42. The number of nitrogens with one attached hydrogen (secondary N) is 1. The number of hydrogen-bond donors (Lipinski definition) is 3. The minimum absolute atomic E-state index is 0.0846. The molecule has 9 nitrogen and oxygen atoms in total. The molecular weight excluding hydrogens is 750 g/mol. The molecule has 0 fully saturated rings. The lowest BCUT2D eigenvalue weighted by atomic mass is 10.0. The predicted molar refractivity (Wildman–Crippen MR) is 243 cm³/mol. The van der Waals surface area contributed by atoms with Crippen LogP contribution in [-0.4, -0.2) is 54.3 Å². The minimum atomic E-state index is -4.42. The van der Waals surface area contributed by atoms with Crippen LogP contribution < -0.4 is 5.32 Å². The summed E-state index contributed by atoms with van der Waals surface area (Å²) in [5.41, 5.74) is 0. The maximum atomic E-state index is 12.1. The van der Waals surface area contributed by atoms with Gasteiger partial charge in [-0.15, -0.1) is 0 Å². The molecule has 0 radical (unpaired) electrons. The topological polar surface area (TPSA) is 131 Å². The SMILES string of the molecule is CCCCC/C=C\C/C=C\CCCCCCCCCC(=O)OCC(O)COP(=O)(O)OCCNC(=O)CCCCCCCCCCCCCCCCCCCCCC. The van der Waals surface area contributed by atoms with Gasteiger partial charge in [-0.25, -0.2) is 4.57 Å². The van der Waals surface area contributed by atoms with Crippen molar-refractivity contribution in [1.82, 2.24) is 5.32 Å². The van der Waals surface area contributed by atoms with Crippen LogP contribution >= 0.6 is 7.82 Å². The highest BCUT2D eigenvalue weighted by Gasteiger charge is 2.23. The summed E-state index contributed by atoms with van der Waals surface area (Å²) >= 11 is 0. The van der Waals surface area contributed by atoms with E-state index in [0.29, 0.717) is 6.42 Å². The van der Waals surface area contributed by atoms with Gasteiger partial charge in [-0.05, 0) is 44.9 Å². The van der Waals surface area contributed by atoms with E-state index >= 15 is 0 Å². The van der Waals surface area contributed by atoms with Crippen LogP contribution in [-0.2, 0) is 27.9 Å². The molecule has 0 aliphatic carbocycles. The zero-order chi connectivity index (χ0) is 42.5. The van der Waals surface area contributed by atoms with Gasteiger partial charge in [-0.3, -0.25) is 18.6 Å². The van der Waals surface area contributed by atoms with Crippen LogP contribution in [0.2, 0.25) is 0 Å². The average Bonchev–Trinajstić information content (AvgIpc) is 3.21. The molecule has 0 bridgehead atoms. The number of carbonyl (C=O) groups is 2. The molecule has 0 heterocycles. The van der Waals surface area contributed by atoms with E-state index in [1.54, 1.807) is 0 Å². The number of aliphatic hydroxyl groups is 1. The molecule has 0 aromatic heterocycles. The van der Waals surface area contributed by atoms with Crippen LogP contribution in [0.4, 0.5) is 0 Å². The molecule has 0 aromatic rings. The third kappa shape index (κ3) is 45.6. The van der Waals surface area contributed by atoms with Gasteiger partial charge in [-0.1, -0.05) is 205 Å². The Bertz CT molecular complexity index is 1010. The Hall–Kier alpha value is -1.51. The number of allylic oxidation sites excluding steroid dienone is 4. The molecule has 10 heteroatoms. The predicted octanol–water partition coefficient (Wildman–Crippen LogP) is 13.9. The summed E-state index contributed by atoms with van der Waals surface area (Å²) in [5.74, 6) is -0.515. The van der Waals surface area contributed by atoms with E-state index < -0.39 is 26.5 Å². The van der Waals surface area contributed by atoms with Gasteiger partial charge < -0.3 is 20.1 Å². The van der Waals surface area contributed by atoms with Gasteiger partial charge in [0.05, 0.1) is 13.2 Å².